The average molecular weight is 245 g/mol. The first-order valence-electron chi connectivity index (χ1n) is 7.12. The van der Waals surface area contributed by atoms with Crippen LogP contribution in [0.4, 0.5) is 0 Å². The molecule has 2 N–H and O–H groups in total. The topological polar surface area (TPSA) is 41.5 Å². The van der Waals surface area contributed by atoms with Gasteiger partial charge in [-0.15, -0.1) is 0 Å². The van der Waals surface area contributed by atoms with E-state index >= 15 is 0 Å². The number of hydrogen-bond acceptors (Lipinski definition) is 3. The minimum Gasteiger partial charge on any atom is -0.394 e. The maximum Gasteiger partial charge on any atom is 0.0610 e. The van der Waals surface area contributed by atoms with Crippen LogP contribution < -0.4 is 5.32 Å². The van der Waals surface area contributed by atoms with Crippen molar-refractivity contribution in [1.29, 1.82) is 0 Å². The SMILES string of the molecule is CCCCCCOCCCC(C)(CO)NCC. The van der Waals surface area contributed by atoms with Gasteiger partial charge in [-0.25, -0.2) is 0 Å². The van der Waals surface area contributed by atoms with Crippen LogP contribution in [0.3, 0.4) is 0 Å². The zero-order valence-electron chi connectivity index (χ0n) is 11.9. The van der Waals surface area contributed by atoms with Crippen molar-refractivity contribution in [3.8, 4) is 0 Å². The Morgan fingerprint density at radius 3 is 2.35 bits per heavy atom. The van der Waals surface area contributed by atoms with Crippen LogP contribution >= 0.6 is 0 Å². The van der Waals surface area contributed by atoms with Crippen molar-refractivity contribution in [3.05, 3.63) is 0 Å². The monoisotopic (exact) mass is 245 g/mol. The summed E-state index contributed by atoms with van der Waals surface area (Å²) >= 11 is 0. The van der Waals surface area contributed by atoms with Gasteiger partial charge in [0.15, 0.2) is 0 Å². The Morgan fingerprint density at radius 2 is 1.76 bits per heavy atom. The third kappa shape index (κ3) is 9.57. The molecule has 0 heterocycles. The Labute approximate surface area is 107 Å². The highest BCUT2D eigenvalue weighted by Gasteiger charge is 2.20. The minimum atomic E-state index is -0.139. The third-order valence-corrected chi connectivity index (χ3v) is 3.11. The molecule has 0 aliphatic heterocycles. The highest BCUT2D eigenvalue weighted by Crippen LogP contribution is 2.11. The lowest BCUT2D eigenvalue weighted by atomic mass is 9.97. The Morgan fingerprint density at radius 1 is 1.06 bits per heavy atom. The molecule has 1 unspecified atom stereocenters. The van der Waals surface area contributed by atoms with Crippen LogP contribution in [0.2, 0.25) is 0 Å². The van der Waals surface area contributed by atoms with Crippen molar-refractivity contribution in [2.24, 2.45) is 0 Å². The summed E-state index contributed by atoms with van der Waals surface area (Å²) in [5, 5.41) is 12.6. The summed E-state index contributed by atoms with van der Waals surface area (Å²) < 4.78 is 5.59. The second-order valence-electron chi connectivity index (χ2n) is 5.03. The zero-order chi connectivity index (χ0) is 13.0. The summed E-state index contributed by atoms with van der Waals surface area (Å²) in [6.45, 7) is 9.14. The van der Waals surface area contributed by atoms with Gasteiger partial charge in [-0.2, -0.15) is 0 Å². The molecule has 0 aromatic carbocycles. The molecule has 0 fully saturated rings. The quantitative estimate of drug-likeness (QED) is 0.519. The van der Waals surface area contributed by atoms with E-state index in [1.807, 2.05) is 0 Å². The predicted octanol–water partition coefficient (Wildman–Crippen LogP) is 2.72. The molecule has 0 spiro atoms. The van der Waals surface area contributed by atoms with Gasteiger partial charge >= 0.3 is 0 Å². The van der Waals surface area contributed by atoms with E-state index < -0.39 is 0 Å². The van der Waals surface area contributed by atoms with Crippen LogP contribution in [0, 0.1) is 0 Å². The number of ether oxygens (including phenoxy) is 1. The normalized spacial score (nSPS) is 14.8. The molecule has 0 amide bonds. The van der Waals surface area contributed by atoms with Gasteiger partial charge in [0.1, 0.15) is 0 Å². The van der Waals surface area contributed by atoms with Crippen molar-refractivity contribution in [1.82, 2.24) is 5.32 Å². The molecule has 17 heavy (non-hydrogen) atoms. The molecule has 0 aromatic heterocycles. The largest absolute Gasteiger partial charge is 0.394 e. The minimum absolute atomic E-state index is 0.139. The van der Waals surface area contributed by atoms with E-state index in [1.165, 1.54) is 25.7 Å². The molecular formula is C14H31NO2. The molecule has 0 bridgehead atoms. The molecular weight excluding hydrogens is 214 g/mol. The molecule has 104 valence electrons. The number of rotatable bonds is 12. The standard InChI is InChI=1S/C14H31NO2/c1-4-6-7-8-11-17-12-9-10-14(3,13-16)15-5-2/h15-16H,4-13H2,1-3H3. The molecule has 3 heteroatoms. The Bertz CT molecular complexity index is 164. The van der Waals surface area contributed by atoms with Crippen molar-refractivity contribution in [3.63, 3.8) is 0 Å². The van der Waals surface area contributed by atoms with Crippen molar-refractivity contribution >= 4 is 0 Å². The lowest BCUT2D eigenvalue weighted by Crippen LogP contribution is -2.45. The lowest BCUT2D eigenvalue weighted by molar-refractivity contribution is 0.108. The number of aliphatic hydroxyl groups excluding tert-OH is 1. The molecule has 0 saturated heterocycles. The van der Waals surface area contributed by atoms with E-state index in [1.54, 1.807) is 0 Å². The second kappa shape index (κ2) is 11.0. The Balaban J connectivity index is 3.37. The first-order valence-corrected chi connectivity index (χ1v) is 7.12. The lowest BCUT2D eigenvalue weighted by Gasteiger charge is -2.28. The average Bonchev–Trinajstić information content (AvgIpc) is 2.33. The van der Waals surface area contributed by atoms with Gasteiger partial charge in [-0.1, -0.05) is 33.1 Å². The van der Waals surface area contributed by atoms with Gasteiger partial charge in [0, 0.05) is 18.8 Å². The van der Waals surface area contributed by atoms with Crippen LogP contribution in [0.25, 0.3) is 0 Å². The predicted molar refractivity (Wildman–Crippen MR) is 73.4 cm³/mol. The molecule has 0 rings (SSSR count). The highest BCUT2D eigenvalue weighted by atomic mass is 16.5. The van der Waals surface area contributed by atoms with Crippen LogP contribution in [0.5, 0.6) is 0 Å². The molecule has 0 aromatic rings. The maximum atomic E-state index is 9.31. The molecule has 0 saturated carbocycles. The maximum absolute atomic E-state index is 9.31. The Hall–Kier alpha value is -0.120. The van der Waals surface area contributed by atoms with E-state index in [9.17, 15) is 5.11 Å². The fraction of sp³-hybridized carbons (Fsp3) is 1.00. The summed E-state index contributed by atoms with van der Waals surface area (Å²) in [4.78, 5) is 0. The van der Waals surface area contributed by atoms with Gasteiger partial charge in [0.05, 0.1) is 6.61 Å². The number of nitrogens with one attached hydrogen (secondary N) is 1. The van der Waals surface area contributed by atoms with Crippen molar-refractivity contribution in [2.45, 2.75) is 64.8 Å². The number of likely N-dealkylation sites (N-methyl/N-ethyl adjacent to an activating group) is 1. The first kappa shape index (κ1) is 16.9. The van der Waals surface area contributed by atoms with Gasteiger partial charge < -0.3 is 15.2 Å². The van der Waals surface area contributed by atoms with Crippen LogP contribution in [-0.2, 0) is 4.74 Å². The third-order valence-electron chi connectivity index (χ3n) is 3.11. The molecule has 0 aliphatic rings. The van der Waals surface area contributed by atoms with Gasteiger partial charge in [0.25, 0.3) is 0 Å². The summed E-state index contributed by atoms with van der Waals surface area (Å²) in [5.74, 6) is 0. The molecule has 3 nitrogen and oxygen atoms in total. The van der Waals surface area contributed by atoms with Crippen LogP contribution in [0.15, 0.2) is 0 Å². The highest BCUT2D eigenvalue weighted by molar-refractivity contribution is 4.81. The van der Waals surface area contributed by atoms with E-state index in [0.717, 1.165) is 32.6 Å². The summed E-state index contributed by atoms with van der Waals surface area (Å²) in [6.07, 6.45) is 7.02. The van der Waals surface area contributed by atoms with Crippen molar-refractivity contribution < 1.29 is 9.84 Å². The number of hydrogen-bond donors (Lipinski definition) is 2. The second-order valence-corrected chi connectivity index (χ2v) is 5.03. The molecule has 0 radical (unpaired) electrons. The molecule has 0 aliphatic carbocycles. The summed E-state index contributed by atoms with van der Waals surface area (Å²) in [7, 11) is 0. The first-order chi connectivity index (χ1) is 8.18. The summed E-state index contributed by atoms with van der Waals surface area (Å²) in [6, 6.07) is 0. The zero-order valence-corrected chi connectivity index (χ0v) is 11.9. The van der Waals surface area contributed by atoms with E-state index in [-0.39, 0.29) is 12.1 Å². The summed E-state index contributed by atoms with van der Waals surface area (Å²) in [5.41, 5.74) is -0.139. The smallest absolute Gasteiger partial charge is 0.0610 e. The van der Waals surface area contributed by atoms with Gasteiger partial charge in [-0.3, -0.25) is 0 Å². The fourth-order valence-corrected chi connectivity index (χ4v) is 1.95. The van der Waals surface area contributed by atoms with Crippen LogP contribution in [-0.4, -0.2) is 37.0 Å². The van der Waals surface area contributed by atoms with Gasteiger partial charge in [-0.05, 0) is 32.7 Å². The Kier molecular flexibility index (Phi) is 10.9. The van der Waals surface area contributed by atoms with Gasteiger partial charge in [0.2, 0.25) is 0 Å². The number of unbranched alkanes of at least 4 members (excludes halogenated alkanes) is 3. The van der Waals surface area contributed by atoms with Crippen LogP contribution in [0.1, 0.15) is 59.3 Å². The van der Waals surface area contributed by atoms with E-state index in [4.69, 9.17) is 4.74 Å². The van der Waals surface area contributed by atoms with Crippen molar-refractivity contribution in [2.75, 3.05) is 26.4 Å². The van der Waals surface area contributed by atoms with E-state index in [0.29, 0.717) is 0 Å². The molecule has 1 atom stereocenters. The number of aliphatic hydroxyl groups is 1. The fourth-order valence-electron chi connectivity index (χ4n) is 1.95. The van der Waals surface area contributed by atoms with E-state index in [2.05, 4.69) is 26.1 Å².